The van der Waals surface area contributed by atoms with Crippen LogP contribution in [0.25, 0.3) is 0 Å². The number of benzene rings is 1. The lowest BCUT2D eigenvalue weighted by Gasteiger charge is -2.34. The zero-order valence-corrected chi connectivity index (χ0v) is 18.3. The molecule has 2 N–H and O–H groups in total. The smallest absolute Gasteiger partial charge is 0.412 e. The van der Waals surface area contributed by atoms with E-state index in [1.54, 1.807) is 12.3 Å². The van der Waals surface area contributed by atoms with Crippen LogP contribution in [0.2, 0.25) is 0 Å². The van der Waals surface area contributed by atoms with Crippen molar-refractivity contribution in [1.29, 1.82) is 0 Å². The van der Waals surface area contributed by atoms with Crippen LogP contribution in [-0.4, -0.2) is 36.4 Å². The number of anilines is 3. The molecule has 1 aromatic carbocycles. The van der Waals surface area contributed by atoms with E-state index < -0.39 is 11.7 Å². The lowest BCUT2D eigenvalue weighted by Crippen LogP contribution is -2.34. The van der Waals surface area contributed by atoms with E-state index in [1.165, 1.54) is 6.42 Å². The Hall–Kier alpha value is -2.83. The average Bonchev–Trinajstić information content (AvgIpc) is 3.22. The molecule has 162 valence electrons. The van der Waals surface area contributed by atoms with Gasteiger partial charge in [-0.15, -0.1) is 0 Å². The van der Waals surface area contributed by atoms with Crippen LogP contribution in [0.3, 0.4) is 0 Å². The summed E-state index contributed by atoms with van der Waals surface area (Å²) >= 11 is 0. The number of amides is 2. The molecule has 2 aliphatic heterocycles. The number of nitrogens with zero attached hydrogens (tertiary/aromatic N) is 2. The van der Waals surface area contributed by atoms with Gasteiger partial charge >= 0.3 is 6.09 Å². The van der Waals surface area contributed by atoms with Crippen molar-refractivity contribution in [2.24, 2.45) is 10.9 Å². The molecule has 0 radical (unpaired) electrons. The summed E-state index contributed by atoms with van der Waals surface area (Å²) in [6.07, 6.45) is 6.97. The van der Waals surface area contributed by atoms with E-state index in [1.807, 2.05) is 39.0 Å². The topological polar surface area (TPSA) is 83.0 Å². The third kappa shape index (κ3) is 5.84. The van der Waals surface area contributed by atoms with Crippen molar-refractivity contribution in [1.82, 2.24) is 0 Å². The highest BCUT2D eigenvalue weighted by atomic mass is 16.6. The molecule has 3 rings (SSSR count). The van der Waals surface area contributed by atoms with Crippen molar-refractivity contribution in [3.05, 3.63) is 30.5 Å². The Morgan fingerprint density at radius 3 is 2.53 bits per heavy atom. The van der Waals surface area contributed by atoms with Crippen LogP contribution in [0.15, 0.2) is 35.5 Å². The minimum absolute atomic E-state index is 0.223. The number of piperidine rings is 1. The quantitative estimate of drug-likeness (QED) is 0.716. The van der Waals surface area contributed by atoms with E-state index in [-0.39, 0.29) is 5.91 Å². The normalized spacial score (nSPS) is 16.9. The number of nitrogens with one attached hydrogen (secondary N) is 2. The zero-order valence-electron chi connectivity index (χ0n) is 18.3. The number of aliphatic imine (C=N–C) groups is 1. The van der Waals surface area contributed by atoms with Crippen molar-refractivity contribution in [3.63, 3.8) is 0 Å². The fourth-order valence-electron chi connectivity index (χ4n) is 3.70. The largest absolute Gasteiger partial charge is 0.444 e. The highest BCUT2D eigenvalue weighted by molar-refractivity contribution is 6.44. The Balaban J connectivity index is 1.80. The fraction of sp³-hybridized carbons (Fsp3) is 0.522. The maximum Gasteiger partial charge on any atom is 0.412 e. The summed E-state index contributed by atoms with van der Waals surface area (Å²) in [5, 5.41) is 5.75. The second kappa shape index (κ2) is 9.32. The molecule has 2 aliphatic rings. The summed E-state index contributed by atoms with van der Waals surface area (Å²) in [5.41, 5.74) is 2.09. The first-order chi connectivity index (χ1) is 14.2. The van der Waals surface area contributed by atoms with Crippen molar-refractivity contribution < 1.29 is 14.3 Å². The van der Waals surface area contributed by atoms with Crippen LogP contribution in [-0.2, 0) is 9.53 Å². The van der Waals surface area contributed by atoms with Crippen LogP contribution in [0, 0.1) is 5.92 Å². The minimum atomic E-state index is -0.585. The van der Waals surface area contributed by atoms with Gasteiger partial charge in [0, 0.05) is 31.4 Å². The SMILES string of the molecule is CCC1CCN(c2ccc(NC(=O)OC(C)(C)C)cc2NC(=O)C2=NC=CC2)CC1. The van der Waals surface area contributed by atoms with E-state index in [2.05, 4.69) is 27.4 Å². The van der Waals surface area contributed by atoms with Gasteiger partial charge in [-0.25, -0.2) is 4.79 Å². The fourth-order valence-corrected chi connectivity index (χ4v) is 3.70. The Morgan fingerprint density at radius 2 is 1.93 bits per heavy atom. The second-order valence-corrected chi connectivity index (χ2v) is 8.82. The molecule has 0 bridgehead atoms. The minimum Gasteiger partial charge on any atom is -0.444 e. The highest BCUT2D eigenvalue weighted by Crippen LogP contribution is 2.33. The van der Waals surface area contributed by atoms with E-state index >= 15 is 0 Å². The average molecular weight is 413 g/mol. The molecule has 2 heterocycles. The molecule has 0 aromatic heterocycles. The summed E-state index contributed by atoms with van der Waals surface area (Å²) in [6, 6.07) is 5.57. The molecule has 0 spiro atoms. The first kappa shape index (κ1) is 21.9. The number of rotatable bonds is 5. The summed E-state index contributed by atoms with van der Waals surface area (Å²) in [7, 11) is 0. The summed E-state index contributed by atoms with van der Waals surface area (Å²) in [6.45, 7) is 9.58. The molecular formula is C23H32N4O3. The van der Waals surface area contributed by atoms with Crippen LogP contribution >= 0.6 is 0 Å². The van der Waals surface area contributed by atoms with Gasteiger partial charge in [-0.2, -0.15) is 0 Å². The molecule has 7 nitrogen and oxygen atoms in total. The molecule has 2 amide bonds. The van der Waals surface area contributed by atoms with Gasteiger partial charge in [0.25, 0.3) is 5.91 Å². The molecule has 0 aliphatic carbocycles. The van der Waals surface area contributed by atoms with E-state index in [4.69, 9.17) is 4.74 Å². The molecule has 1 saturated heterocycles. The summed E-state index contributed by atoms with van der Waals surface area (Å²) < 4.78 is 5.34. The van der Waals surface area contributed by atoms with Gasteiger partial charge in [-0.3, -0.25) is 15.1 Å². The van der Waals surface area contributed by atoms with Crippen molar-refractivity contribution >= 4 is 34.8 Å². The zero-order chi connectivity index (χ0) is 21.7. The first-order valence-corrected chi connectivity index (χ1v) is 10.7. The Labute approximate surface area is 178 Å². The maximum atomic E-state index is 12.7. The molecule has 1 fully saturated rings. The Bertz CT molecular complexity index is 846. The lowest BCUT2D eigenvalue weighted by molar-refractivity contribution is -0.110. The predicted octanol–water partition coefficient (Wildman–Crippen LogP) is 4.96. The van der Waals surface area contributed by atoms with Crippen molar-refractivity contribution in [2.45, 2.75) is 59.0 Å². The molecule has 0 saturated carbocycles. The van der Waals surface area contributed by atoms with Crippen molar-refractivity contribution in [3.8, 4) is 0 Å². The third-order valence-electron chi connectivity index (χ3n) is 5.33. The maximum absolute atomic E-state index is 12.7. The van der Waals surface area contributed by atoms with E-state index in [0.29, 0.717) is 23.5 Å². The van der Waals surface area contributed by atoms with E-state index in [0.717, 1.165) is 37.5 Å². The van der Waals surface area contributed by atoms with Crippen LogP contribution in [0.4, 0.5) is 21.9 Å². The van der Waals surface area contributed by atoms with E-state index in [9.17, 15) is 9.59 Å². The molecule has 7 heteroatoms. The molecule has 30 heavy (non-hydrogen) atoms. The van der Waals surface area contributed by atoms with Gasteiger partial charge in [-0.1, -0.05) is 19.4 Å². The first-order valence-electron chi connectivity index (χ1n) is 10.7. The molecule has 0 unspecified atom stereocenters. The summed E-state index contributed by atoms with van der Waals surface area (Å²) in [5.74, 6) is 0.533. The van der Waals surface area contributed by atoms with Crippen LogP contribution in [0.1, 0.15) is 53.4 Å². The second-order valence-electron chi connectivity index (χ2n) is 8.82. The number of ether oxygens (including phenoxy) is 1. The van der Waals surface area contributed by atoms with Gasteiger partial charge in [0.2, 0.25) is 0 Å². The van der Waals surface area contributed by atoms with Gasteiger partial charge in [0.15, 0.2) is 0 Å². The van der Waals surface area contributed by atoms with Crippen LogP contribution in [0.5, 0.6) is 0 Å². The van der Waals surface area contributed by atoms with Crippen molar-refractivity contribution in [2.75, 3.05) is 28.6 Å². The Kier molecular flexibility index (Phi) is 6.80. The number of carbonyl (C=O) groups excluding carboxylic acids is 2. The number of hydrogen-bond acceptors (Lipinski definition) is 5. The number of carbonyl (C=O) groups is 2. The highest BCUT2D eigenvalue weighted by Gasteiger charge is 2.23. The van der Waals surface area contributed by atoms with Gasteiger partial charge in [0.1, 0.15) is 11.3 Å². The van der Waals surface area contributed by atoms with Gasteiger partial charge in [-0.05, 0) is 57.7 Å². The molecule has 1 aromatic rings. The number of hydrogen-bond donors (Lipinski definition) is 2. The third-order valence-corrected chi connectivity index (χ3v) is 5.33. The molecule has 0 atom stereocenters. The number of allylic oxidation sites excluding steroid dienone is 1. The van der Waals surface area contributed by atoms with Crippen LogP contribution < -0.4 is 15.5 Å². The summed E-state index contributed by atoms with van der Waals surface area (Å²) in [4.78, 5) is 31.3. The molecular weight excluding hydrogens is 380 g/mol. The predicted molar refractivity (Wildman–Crippen MR) is 121 cm³/mol. The monoisotopic (exact) mass is 412 g/mol. The van der Waals surface area contributed by atoms with Gasteiger partial charge in [0.05, 0.1) is 11.4 Å². The standard InChI is InChI=1S/C23H32N4O3/c1-5-16-10-13-27(14-11-16)20-9-8-17(25-22(29)30-23(2,3)4)15-19(20)26-21(28)18-7-6-12-24-18/h6,8-9,12,15-16H,5,7,10-11,13-14H2,1-4H3,(H,25,29)(H,26,28). The Morgan fingerprint density at radius 1 is 1.20 bits per heavy atom. The van der Waals surface area contributed by atoms with Gasteiger partial charge < -0.3 is 15.0 Å². The lowest BCUT2D eigenvalue weighted by atomic mass is 9.94.